The maximum absolute atomic E-state index is 5.72. The zero-order valence-electron chi connectivity index (χ0n) is 11.3. The molecule has 5 nitrogen and oxygen atoms in total. The number of hydrogen-bond acceptors (Lipinski definition) is 5. The maximum atomic E-state index is 5.72. The number of anilines is 2. The SMILES string of the molecule is CCCCCC(C)(C)CNc1nc(N)nc(Cl)n1. The molecule has 102 valence electrons. The van der Waals surface area contributed by atoms with Gasteiger partial charge in [0.1, 0.15) is 0 Å². The van der Waals surface area contributed by atoms with E-state index < -0.39 is 0 Å². The van der Waals surface area contributed by atoms with Crippen LogP contribution < -0.4 is 11.1 Å². The van der Waals surface area contributed by atoms with Crippen molar-refractivity contribution in [2.24, 2.45) is 5.41 Å². The van der Waals surface area contributed by atoms with Gasteiger partial charge in [-0.3, -0.25) is 0 Å². The topological polar surface area (TPSA) is 76.7 Å². The molecule has 0 fully saturated rings. The van der Waals surface area contributed by atoms with Crippen molar-refractivity contribution in [3.8, 4) is 0 Å². The van der Waals surface area contributed by atoms with Crippen LogP contribution in [0.1, 0.15) is 46.5 Å². The molecular weight excluding hydrogens is 250 g/mol. The molecule has 0 aliphatic carbocycles. The molecule has 0 saturated carbocycles. The number of rotatable bonds is 7. The number of aromatic nitrogens is 3. The first kappa shape index (κ1) is 15.0. The van der Waals surface area contributed by atoms with Crippen molar-refractivity contribution in [1.29, 1.82) is 0 Å². The fourth-order valence-electron chi connectivity index (χ4n) is 1.70. The standard InChI is InChI=1S/C12H22ClN5/c1-4-5-6-7-12(2,3)8-15-11-17-9(13)16-10(14)18-11/h4-8H2,1-3H3,(H3,14,15,16,17,18). The summed E-state index contributed by atoms with van der Waals surface area (Å²) >= 11 is 5.72. The molecule has 0 saturated heterocycles. The summed E-state index contributed by atoms with van der Waals surface area (Å²) in [5, 5.41) is 3.29. The molecule has 1 rings (SSSR count). The van der Waals surface area contributed by atoms with Gasteiger partial charge in [-0.1, -0.05) is 40.0 Å². The lowest BCUT2D eigenvalue weighted by molar-refractivity contribution is 0.342. The molecule has 3 N–H and O–H groups in total. The van der Waals surface area contributed by atoms with Gasteiger partial charge in [0.2, 0.25) is 17.2 Å². The van der Waals surface area contributed by atoms with Gasteiger partial charge >= 0.3 is 0 Å². The molecule has 1 aromatic rings. The summed E-state index contributed by atoms with van der Waals surface area (Å²) in [7, 11) is 0. The molecule has 18 heavy (non-hydrogen) atoms. The Morgan fingerprint density at radius 2 is 1.94 bits per heavy atom. The van der Waals surface area contributed by atoms with Gasteiger partial charge < -0.3 is 11.1 Å². The quantitative estimate of drug-likeness (QED) is 0.745. The van der Waals surface area contributed by atoms with Crippen LogP contribution >= 0.6 is 11.6 Å². The van der Waals surface area contributed by atoms with Gasteiger partial charge in [0, 0.05) is 6.54 Å². The minimum Gasteiger partial charge on any atom is -0.368 e. The van der Waals surface area contributed by atoms with Gasteiger partial charge in [0.05, 0.1) is 0 Å². The Balaban J connectivity index is 2.47. The first-order valence-corrected chi connectivity index (χ1v) is 6.72. The Morgan fingerprint density at radius 1 is 1.22 bits per heavy atom. The summed E-state index contributed by atoms with van der Waals surface area (Å²) in [6.45, 7) is 7.45. The predicted octanol–water partition coefficient (Wildman–Crippen LogP) is 3.13. The fourth-order valence-corrected chi connectivity index (χ4v) is 1.87. The molecule has 6 heteroatoms. The third-order valence-corrected chi connectivity index (χ3v) is 2.98. The van der Waals surface area contributed by atoms with E-state index in [4.69, 9.17) is 17.3 Å². The zero-order valence-corrected chi connectivity index (χ0v) is 12.1. The Hall–Kier alpha value is -1.10. The van der Waals surface area contributed by atoms with E-state index in [-0.39, 0.29) is 16.6 Å². The molecule has 1 aromatic heterocycles. The van der Waals surface area contributed by atoms with Crippen LogP contribution in [0.5, 0.6) is 0 Å². The number of halogens is 1. The second-order valence-corrected chi connectivity index (χ2v) is 5.60. The van der Waals surface area contributed by atoms with Gasteiger partial charge in [-0.15, -0.1) is 0 Å². The van der Waals surface area contributed by atoms with Crippen LogP contribution in [-0.2, 0) is 0 Å². The van der Waals surface area contributed by atoms with Crippen molar-refractivity contribution in [2.75, 3.05) is 17.6 Å². The lowest BCUT2D eigenvalue weighted by Gasteiger charge is -2.24. The average Bonchev–Trinajstić information content (AvgIpc) is 2.25. The first-order chi connectivity index (χ1) is 8.43. The highest BCUT2D eigenvalue weighted by Crippen LogP contribution is 2.24. The summed E-state index contributed by atoms with van der Waals surface area (Å²) in [6.07, 6.45) is 4.92. The van der Waals surface area contributed by atoms with Gasteiger partial charge in [0.25, 0.3) is 0 Å². The number of unbranched alkanes of at least 4 members (excludes halogenated alkanes) is 2. The van der Waals surface area contributed by atoms with Crippen molar-refractivity contribution >= 4 is 23.5 Å². The maximum Gasteiger partial charge on any atom is 0.228 e. The number of nitrogen functional groups attached to an aromatic ring is 1. The Labute approximate surface area is 114 Å². The molecule has 0 bridgehead atoms. The zero-order chi connectivity index (χ0) is 13.6. The third kappa shape index (κ3) is 5.49. The van der Waals surface area contributed by atoms with E-state index in [1.54, 1.807) is 0 Å². The van der Waals surface area contributed by atoms with Crippen molar-refractivity contribution in [3.63, 3.8) is 0 Å². The average molecular weight is 272 g/mol. The summed E-state index contributed by atoms with van der Waals surface area (Å²) < 4.78 is 0. The van der Waals surface area contributed by atoms with Crippen molar-refractivity contribution in [1.82, 2.24) is 15.0 Å². The second kappa shape index (κ2) is 6.73. The lowest BCUT2D eigenvalue weighted by Crippen LogP contribution is -2.24. The van der Waals surface area contributed by atoms with E-state index >= 15 is 0 Å². The Kier molecular flexibility index (Phi) is 5.59. The van der Waals surface area contributed by atoms with Crippen LogP contribution in [0.3, 0.4) is 0 Å². The van der Waals surface area contributed by atoms with Crippen molar-refractivity contribution in [2.45, 2.75) is 46.5 Å². The van der Waals surface area contributed by atoms with Crippen LogP contribution in [0.4, 0.5) is 11.9 Å². The van der Waals surface area contributed by atoms with Gasteiger partial charge in [-0.25, -0.2) is 0 Å². The Morgan fingerprint density at radius 3 is 2.56 bits per heavy atom. The van der Waals surface area contributed by atoms with E-state index in [2.05, 4.69) is 41.0 Å². The summed E-state index contributed by atoms with van der Waals surface area (Å²) in [5.74, 6) is 0.581. The van der Waals surface area contributed by atoms with Gasteiger partial charge in [-0.05, 0) is 23.4 Å². The molecule has 0 atom stereocenters. The monoisotopic (exact) mass is 271 g/mol. The molecule has 0 aromatic carbocycles. The number of nitrogens with one attached hydrogen (secondary N) is 1. The first-order valence-electron chi connectivity index (χ1n) is 6.34. The number of nitrogens with zero attached hydrogens (tertiary/aromatic N) is 3. The highest BCUT2D eigenvalue weighted by atomic mass is 35.5. The van der Waals surface area contributed by atoms with E-state index in [1.165, 1.54) is 25.7 Å². The minimum absolute atomic E-state index is 0.119. The number of hydrogen-bond donors (Lipinski definition) is 2. The number of nitrogens with two attached hydrogens (primary N) is 1. The van der Waals surface area contributed by atoms with Crippen molar-refractivity contribution in [3.05, 3.63) is 5.28 Å². The summed E-state index contributed by atoms with van der Waals surface area (Å²) in [6, 6.07) is 0. The largest absolute Gasteiger partial charge is 0.368 e. The molecule has 0 aliphatic heterocycles. The molecule has 0 radical (unpaired) electrons. The highest BCUT2D eigenvalue weighted by molar-refractivity contribution is 6.28. The van der Waals surface area contributed by atoms with Crippen LogP contribution in [0, 0.1) is 5.41 Å². The Bertz CT molecular complexity index is 360. The highest BCUT2D eigenvalue weighted by Gasteiger charge is 2.17. The van der Waals surface area contributed by atoms with Crippen LogP contribution in [0.2, 0.25) is 5.28 Å². The van der Waals surface area contributed by atoms with E-state index in [0.29, 0.717) is 5.95 Å². The van der Waals surface area contributed by atoms with Crippen LogP contribution in [-0.4, -0.2) is 21.5 Å². The molecule has 0 spiro atoms. The van der Waals surface area contributed by atoms with Crippen LogP contribution in [0.25, 0.3) is 0 Å². The summed E-state index contributed by atoms with van der Waals surface area (Å²) in [4.78, 5) is 11.7. The van der Waals surface area contributed by atoms with E-state index in [0.717, 1.165) is 6.54 Å². The normalized spacial score (nSPS) is 11.6. The van der Waals surface area contributed by atoms with Gasteiger partial charge in [0.15, 0.2) is 0 Å². The second-order valence-electron chi connectivity index (χ2n) is 5.26. The predicted molar refractivity (Wildman–Crippen MR) is 75.7 cm³/mol. The fraction of sp³-hybridized carbons (Fsp3) is 0.750. The molecule has 0 unspecified atom stereocenters. The molecular formula is C12H22ClN5. The minimum atomic E-state index is 0.119. The smallest absolute Gasteiger partial charge is 0.228 e. The van der Waals surface area contributed by atoms with E-state index in [9.17, 15) is 0 Å². The van der Waals surface area contributed by atoms with Crippen LogP contribution in [0.15, 0.2) is 0 Å². The van der Waals surface area contributed by atoms with E-state index in [1.807, 2.05) is 0 Å². The van der Waals surface area contributed by atoms with Gasteiger partial charge in [-0.2, -0.15) is 15.0 Å². The molecule has 0 amide bonds. The summed E-state index contributed by atoms with van der Waals surface area (Å²) in [5.41, 5.74) is 5.71. The molecule has 1 heterocycles. The lowest BCUT2D eigenvalue weighted by atomic mass is 9.87. The van der Waals surface area contributed by atoms with Crippen molar-refractivity contribution < 1.29 is 0 Å². The third-order valence-electron chi connectivity index (χ3n) is 2.81. The molecule has 0 aliphatic rings.